The Hall–Kier alpha value is -1.91. The Morgan fingerprint density at radius 3 is 2.92 bits per heavy atom. The van der Waals surface area contributed by atoms with E-state index in [9.17, 15) is 4.79 Å². The highest BCUT2D eigenvalue weighted by molar-refractivity contribution is 6.43. The second kappa shape index (κ2) is 7.54. The van der Waals surface area contributed by atoms with Crippen molar-refractivity contribution in [3.8, 4) is 11.5 Å². The van der Waals surface area contributed by atoms with E-state index >= 15 is 0 Å². The molecule has 25 heavy (non-hydrogen) atoms. The minimum absolute atomic E-state index is 0.152. The Labute approximate surface area is 157 Å². The monoisotopic (exact) mass is 379 g/mol. The van der Waals surface area contributed by atoms with Gasteiger partial charge in [0, 0.05) is 24.1 Å². The van der Waals surface area contributed by atoms with E-state index in [1.54, 1.807) is 18.2 Å². The Kier molecular flexibility index (Phi) is 5.40. The lowest BCUT2D eigenvalue weighted by molar-refractivity contribution is 0.0950. The van der Waals surface area contributed by atoms with Gasteiger partial charge in [-0.1, -0.05) is 29.3 Å². The summed E-state index contributed by atoms with van der Waals surface area (Å²) in [6.07, 6.45) is 1.01. The zero-order chi connectivity index (χ0) is 18.0. The fourth-order valence-electron chi connectivity index (χ4n) is 2.86. The average Bonchev–Trinajstić information content (AvgIpc) is 2.94. The van der Waals surface area contributed by atoms with Gasteiger partial charge in [-0.25, -0.2) is 0 Å². The molecule has 2 aromatic rings. The Bertz CT molecular complexity index is 807. The van der Waals surface area contributed by atoms with Gasteiger partial charge < -0.3 is 14.8 Å². The van der Waals surface area contributed by atoms with Crippen molar-refractivity contribution in [3.63, 3.8) is 0 Å². The molecule has 0 aromatic heterocycles. The summed E-state index contributed by atoms with van der Waals surface area (Å²) in [5, 5.41) is 3.47. The third-order valence-electron chi connectivity index (χ3n) is 4.01. The van der Waals surface area contributed by atoms with Crippen LogP contribution in [0.1, 0.15) is 35.3 Å². The Morgan fingerprint density at radius 2 is 2.16 bits per heavy atom. The normalized spacial score (nSPS) is 15.4. The Morgan fingerprint density at radius 1 is 1.36 bits per heavy atom. The molecule has 0 aliphatic carbocycles. The summed E-state index contributed by atoms with van der Waals surface area (Å²) in [5.41, 5.74) is 2.34. The van der Waals surface area contributed by atoms with Crippen molar-refractivity contribution in [2.24, 2.45) is 0 Å². The number of benzene rings is 2. The molecule has 0 spiro atoms. The maximum Gasteiger partial charge on any atom is 0.253 e. The molecule has 4 nitrogen and oxygen atoms in total. The molecule has 6 heteroatoms. The molecular formula is C19H19Cl2NO3. The summed E-state index contributed by atoms with van der Waals surface area (Å²) >= 11 is 12.1. The van der Waals surface area contributed by atoms with E-state index in [-0.39, 0.29) is 17.0 Å². The highest BCUT2D eigenvalue weighted by Gasteiger charge is 2.22. The predicted molar refractivity (Wildman–Crippen MR) is 99.0 cm³/mol. The first-order valence-corrected chi connectivity index (χ1v) is 8.92. The van der Waals surface area contributed by atoms with Crippen LogP contribution in [0.2, 0.25) is 10.0 Å². The van der Waals surface area contributed by atoms with Crippen LogP contribution in [-0.4, -0.2) is 18.6 Å². The van der Waals surface area contributed by atoms with Crippen molar-refractivity contribution in [2.45, 2.75) is 32.9 Å². The van der Waals surface area contributed by atoms with E-state index in [0.717, 1.165) is 29.0 Å². The maximum atomic E-state index is 12.4. The summed E-state index contributed by atoms with van der Waals surface area (Å²) in [5.74, 6) is 1.32. The molecule has 1 heterocycles. The van der Waals surface area contributed by atoms with Crippen LogP contribution < -0.4 is 14.8 Å². The SMILES string of the molecule is CCOc1cc2c(cc1CNC(=O)c1cccc(Cl)c1Cl)O[C@@H](C)C2. The molecular weight excluding hydrogens is 361 g/mol. The number of carbonyl (C=O) groups excluding carboxylic acids is 1. The van der Waals surface area contributed by atoms with Crippen molar-refractivity contribution in [1.29, 1.82) is 0 Å². The second-order valence-electron chi connectivity index (χ2n) is 5.92. The summed E-state index contributed by atoms with van der Waals surface area (Å²) in [6, 6.07) is 8.91. The number of hydrogen-bond acceptors (Lipinski definition) is 3. The molecule has 1 aliphatic heterocycles. The van der Waals surface area contributed by atoms with Crippen LogP contribution in [0, 0.1) is 0 Å². The van der Waals surface area contributed by atoms with Crippen molar-refractivity contribution < 1.29 is 14.3 Å². The predicted octanol–water partition coefficient (Wildman–Crippen LogP) is 4.65. The fourth-order valence-corrected chi connectivity index (χ4v) is 3.25. The molecule has 0 saturated carbocycles. The summed E-state index contributed by atoms with van der Waals surface area (Å²) in [4.78, 5) is 12.4. The molecule has 0 bridgehead atoms. The van der Waals surface area contributed by atoms with Crippen LogP contribution in [0.4, 0.5) is 0 Å². The van der Waals surface area contributed by atoms with E-state index in [2.05, 4.69) is 5.32 Å². The van der Waals surface area contributed by atoms with Crippen LogP contribution >= 0.6 is 23.2 Å². The summed E-state index contributed by atoms with van der Waals surface area (Å²) < 4.78 is 11.5. The van der Waals surface area contributed by atoms with Gasteiger partial charge in [0.15, 0.2) is 0 Å². The first-order chi connectivity index (χ1) is 12.0. The zero-order valence-corrected chi connectivity index (χ0v) is 15.6. The first kappa shape index (κ1) is 17.9. The fraction of sp³-hybridized carbons (Fsp3) is 0.316. The number of halogens is 2. The molecule has 0 saturated heterocycles. The quantitative estimate of drug-likeness (QED) is 0.822. The molecule has 132 valence electrons. The van der Waals surface area contributed by atoms with Gasteiger partial charge >= 0.3 is 0 Å². The van der Waals surface area contributed by atoms with Gasteiger partial charge in [-0.2, -0.15) is 0 Å². The number of carbonyl (C=O) groups is 1. The van der Waals surface area contributed by atoms with Crippen LogP contribution in [-0.2, 0) is 13.0 Å². The van der Waals surface area contributed by atoms with Crippen LogP contribution in [0.3, 0.4) is 0 Å². The summed E-state index contributed by atoms with van der Waals surface area (Å²) in [6.45, 7) is 4.82. The molecule has 1 aliphatic rings. The molecule has 2 aromatic carbocycles. The van der Waals surface area contributed by atoms with E-state index in [1.807, 2.05) is 26.0 Å². The van der Waals surface area contributed by atoms with Gasteiger partial charge in [-0.3, -0.25) is 4.79 Å². The van der Waals surface area contributed by atoms with E-state index in [4.69, 9.17) is 32.7 Å². The molecule has 3 rings (SSSR count). The molecule has 0 fully saturated rings. The highest BCUT2D eigenvalue weighted by atomic mass is 35.5. The topological polar surface area (TPSA) is 47.6 Å². The van der Waals surface area contributed by atoms with Gasteiger partial charge in [0.2, 0.25) is 0 Å². The lowest BCUT2D eigenvalue weighted by atomic mass is 10.1. The second-order valence-corrected chi connectivity index (χ2v) is 6.70. The molecule has 1 atom stereocenters. The smallest absolute Gasteiger partial charge is 0.253 e. The average molecular weight is 380 g/mol. The minimum Gasteiger partial charge on any atom is -0.494 e. The molecule has 0 unspecified atom stereocenters. The largest absolute Gasteiger partial charge is 0.494 e. The van der Waals surface area contributed by atoms with Gasteiger partial charge in [-0.15, -0.1) is 0 Å². The summed E-state index contributed by atoms with van der Waals surface area (Å²) in [7, 11) is 0. The van der Waals surface area contributed by atoms with Crippen LogP contribution in [0.5, 0.6) is 11.5 Å². The highest BCUT2D eigenvalue weighted by Crippen LogP contribution is 2.35. The van der Waals surface area contributed by atoms with E-state index in [0.29, 0.717) is 23.7 Å². The lowest BCUT2D eigenvalue weighted by Gasteiger charge is -2.14. The van der Waals surface area contributed by atoms with Gasteiger partial charge in [0.1, 0.15) is 17.6 Å². The van der Waals surface area contributed by atoms with E-state index < -0.39 is 0 Å². The zero-order valence-electron chi connectivity index (χ0n) is 14.1. The third kappa shape index (κ3) is 3.86. The molecule has 0 radical (unpaired) electrons. The van der Waals surface area contributed by atoms with Crippen molar-refractivity contribution >= 4 is 29.1 Å². The first-order valence-electron chi connectivity index (χ1n) is 8.17. The van der Waals surface area contributed by atoms with Crippen molar-refractivity contribution in [2.75, 3.05) is 6.61 Å². The number of amides is 1. The van der Waals surface area contributed by atoms with Crippen LogP contribution in [0.25, 0.3) is 0 Å². The van der Waals surface area contributed by atoms with Crippen molar-refractivity contribution in [3.05, 3.63) is 57.1 Å². The molecule has 1 amide bonds. The lowest BCUT2D eigenvalue weighted by Crippen LogP contribution is -2.23. The minimum atomic E-state index is -0.287. The van der Waals surface area contributed by atoms with Crippen molar-refractivity contribution in [1.82, 2.24) is 5.32 Å². The van der Waals surface area contributed by atoms with Gasteiger partial charge in [0.25, 0.3) is 5.91 Å². The van der Waals surface area contributed by atoms with Crippen LogP contribution in [0.15, 0.2) is 30.3 Å². The molecule has 1 N–H and O–H groups in total. The Balaban J connectivity index is 1.79. The number of hydrogen-bond donors (Lipinski definition) is 1. The standard InChI is InChI=1S/C19H19Cl2NO3/c1-3-24-16-8-12-7-11(2)25-17(12)9-13(16)10-22-19(23)14-5-4-6-15(20)18(14)21/h4-6,8-9,11H,3,7,10H2,1-2H3,(H,22,23)/t11-/m0/s1. The number of nitrogens with one attached hydrogen (secondary N) is 1. The number of fused-ring (bicyclic) bond motifs is 1. The van der Waals surface area contributed by atoms with Gasteiger partial charge in [-0.05, 0) is 38.1 Å². The van der Waals surface area contributed by atoms with Gasteiger partial charge in [0.05, 0.1) is 22.2 Å². The third-order valence-corrected chi connectivity index (χ3v) is 4.83. The number of ether oxygens (including phenoxy) is 2. The number of rotatable bonds is 5. The maximum absolute atomic E-state index is 12.4. The van der Waals surface area contributed by atoms with E-state index in [1.165, 1.54) is 0 Å².